The zero-order valence-electron chi connectivity index (χ0n) is 7.16. The highest BCUT2D eigenvalue weighted by atomic mass is 16.3. The van der Waals surface area contributed by atoms with Gasteiger partial charge in [-0.15, -0.1) is 0 Å². The third-order valence-electron chi connectivity index (χ3n) is 2.38. The molecule has 1 saturated heterocycles. The van der Waals surface area contributed by atoms with Crippen molar-refractivity contribution in [3.63, 3.8) is 0 Å². The molecule has 11 heavy (non-hydrogen) atoms. The number of hydrogen-bond donors (Lipinski definition) is 2. The monoisotopic (exact) mass is 158 g/mol. The van der Waals surface area contributed by atoms with E-state index < -0.39 is 0 Å². The molecule has 3 nitrogen and oxygen atoms in total. The molecule has 0 aliphatic carbocycles. The van der Waals surface area contributed by atoms with Gasteiger partial charge in [0.25, 0.3) is 0 Å². The molecule has 0 aromatic carbocycles. The van der Waals surface area contributed by atoms with Gasteiger partial charge in [-0.3, -0.25) is 4.90 Å². The third kappa shape index (κ3) is 2.43. The van der Waals surface area contributed by atoms with Gasteiger partial charge in [0.15, 0.2) is 0 Å². The lowest BCUT2D eigenvalue weighted by Gasteiger charge is -2.34. The fourth-order valence-electron chi connectivity index (χ4n) is 1.56. The van der Waals surface area contributed by atoms with Crippen molar-refractivity contribution < 1.29 is 5.11 Å². The predicted molar refractivity (Wildman–Crippen MR) is 45.3 cm³/mol. The summed E-state index contributed by atoms with van der Waals surface area (Å²) < 4.78 is 0. The Morgan fingerprint density at radius 1 is 1.73 bits per heavy atom. The second-order valence-corrected chi connectivity index (χ2v) is 3.43. The van der Waals surface area contributed by atoms with Gasteiger partial charge in [0, 0.05) is 18.6 Å². The Kier molecular flexibility index (Phi) is 3.30. The summed E-state index contributed by atoms with van der Waals surface area (Å²) in [5, 5.41) is 8.89. The van der Waals surface area contributed by atoms with Gasteiger partial charge in [-0.05, 0) is 26.3 Å². The van der Waals surface area contributed by atoms with Crippen LogP contribution in [-0.4, -0.2) is 41.8 Å². The minimum atomic E-state index is 0.243. The zero-order chi connectivity index (χ0) is 8.27. The lowest BCUT2D eigenvalue weighted by molar-refractivity contribution is 0.107. The second kappa shape index (κ2) is 4.04. The van der Waals surface area contributed by atoms with Gasteiger partial charge in [-0.25, -0.2) is 0 Å². The Morgan fingerprint density at radius 3 is 3.00 bits per heavy atom. The van der Waals surface area contributed by atoms with E-state index in [0.717, 1.165) is 19.5 Å². The molecule has 0 aromatic rings. The highest BCUT2D eigenvalue weighted by Crippen LogP contribution is 2.10. The zero-order valence-corrected chi connectivity index (χ0v) is 7.16. The van der Waals surface area contributed by atoms with E-state index in [1.165, 1.54) is 6.42 Å². The van der Waals surface area contributed by atoms with Crippen molar-refractivity contribution in [3.8, 4) is 0 Å². The first kappa shape index (κ1) is 8.97. The number of hydrogen-bond acceptors (Lipinski definition) is 3. The highest BCUT2D eigenvalue weighted by Gasteiger charge is 2.19. The quantitative estimate of drug-likeness (QED) is 0.584. The molecule has 1 unspecified atom stereocenters. The van der Waals surface area contributed by atoms with Crippen LogP contribution in [0, 0.1) is 0 Å². The van der Waals surface area contributed by atoms with Crippen LogP contribution in [0.25, 0.3) is 0 Å². The normalized spacial score (nSPS) is 30.3. The van der Waals surface area contributed by atoms with E-state index in [0.29, 0.717) is 6.04 Å². The fourth-order valence-corrected chi connectivity index (χ4v) is 1.56. The minimum absolute atomic E-state index is 0.243. The molecule has 1 heterocycles. The summed E-state index contributed by atoms with van der Waals surface area (Å²) in [6, 6.07) is 0.596. The molecule has 0 spiro atoms. The molecule has 66 valence electrons. The number of piperidine rings is 1. The topological polar surface area (TPSA) is 49.5 Å². The molecule has 0 bridgehead atoms. The van der Waals surface area contributed by atoms with Gasteiger partial charge in [0.1, 0.15) is 0 Å². The van der Waals surface area contributed by atoms with Crippen molar-refractivity contribution in [1.82, 2.24) is 4.90 Å². The molecular formula is C8H18N2O. The number of likely N-dealkylation sites (tertiary alicyclic amines) is 1. The van der Waals surface area contributed by atoms with Crippen molar-refractivity contribution in [2.24, 2.45) is 5.73 Å². The van der Waals surface area contributed by atoms with Crippen molar-refractivity contribution in [2.45, 2.75) is 31.8 Å². The molecule has 1 rings (SSSR count). The summed E-state index contributed by atoms with van der Waals surface area (Å²) in [5.74, 6) is 0. The van der Waals surface area contributed by atoms with E-state index in [4.69, 9.17) is 10.8 Å². The molecule has 0 amide bonds. The molecule has 3 heteroatoms. The average Bonchev–Trinajstić information content (AvgIpc) is 2.03. The van der Waals surface area contributed by atoms with Crippen molar-refractivity contribution in [2.75, 3.05) is 19.7 Å². The van der Waals surface area contributed by atoms with Crippen LogP contribution in [0.5, 0.6) is 0 Å². The van der Waals surface area contributed by atoms with Crippen molar-refractivity contribution >= 4 is 0 Å². The van der Waals surface area contributed by atoms with Crippen LogP contribution in [0.1, 0.15) is 19.8 Å². The molecule has 1 aliphatic heterocycles. The number of nitrogens with zero attached hydrogens (tertiary/aromatic N) is 1. The van der Waals surface area contributed by atoms with Crippen molar-refractivity contribution in [3.05, 3.63) is 0 Å². The maximum Gasteiger partial charge on any atom is 0.0584 e. The predicted octanol–water partition coefficient (Wildman–Crippen LogP) is -0.210. The second-order valence-electron chi connectivity index (χ2n) is 3.43. The lowest BCUT2D eigenvalue weighted by atomic mass is 10.1. The fraction of sp³-hybridized carbons (Fsp3) is 1.00. The summed E-state index contributed by atoms with van der Waals surface area (Å²) in [5.41, 5.74) is 5.79. The lowest BCUT2D eigenvalue weighted by Crippen LogP contribution is -2.47. The Morgan fingerprint density at radius 2 is 2.45 bits per heavy atom. The Balaban J connectivity index is 2.33. The van der Waals surface area contributed by atoms with Crippen LogP contribution in [0.15, 0.2) is 0 Å². The van der Waals surface area contributed by atoms with Gasteiger partial charge in [-0.2, -0.15) is 0 Å². The molecular weight excluding hydrogens is 140 g/mol. The van der Waals surface area contributed by atoms with E-state index in [2.05, 4.69) is 4.90 Å². The van der Waals surface area contributed by atoms with Gasteiger partial charge in [0.05, 0.1) is 6.61 Å². The molecule has 1 aliphatic rings. The number of aliphatic hydroxyl groups excluding tert-OH is 1. The summed E-state index contributed by atoms with van der Waals surface area (Å²) in [4.78, 5) is 2.26. The van der Waals surface area contributed by atoms with E-state index in [1.54, 1.807) is 0 Å². The summed E-state index contributed by atoms with van der Waals surface area (Å²) in [6.07, 6.45) is 2.31. The van der Waals surface area contributed by atoms with Crippen LogP contribution in [0.3, 0.4) is 0 Å². The maximum absolute atomic E-state index is 8.89. The largest absolute Gasteiger partial charge is 0.395 e. The van der Waals surface area contributed by atoms with E-state index in [-0.39, 0.29) is 12.6 Å². The molecule has 0 aromatic heterocycles. The summed E-state index contributed by atoms with van der Waals surface area (Å²) in [7, 11) is 0. The molecule has 0 radical (unpaired) electrons. The average molecular weight is 158 g/mol. The minimum Gasteiger partial charge on any atom is -0.395 e. The van der Waals surface area contributed by atoms with Crippen molar-refractivity contribution in [1.29, 1.82) is 0 Å². The van der Waals surface area contributed by atoms with Gasteiger partial charge < -0.3 is 10.8 Å². The summed E-state index contributed by atoms with van der Waals surface area (Å²) in [6.45, 7) is 4.32. The van der Waals surface area contributed by atoms with E-state index >= 15 is 0 Å². The Hall–Kier alpha value is -0.120. The summed E-state index contributed by atoms with van der Waals surface area (Å²) >= 11 is 0. The Labute approximate surface area is 68.2 Å². The number of nitrogens with two attached hydrogens (primary N) is 1. The van der Waals surface area contributed by atoms with Crippen LogP contribution >= 0.6 is 0 Å². The van der Waals surface area contributed by atoms with Crippen LogP contribution < -0.4 is 5.73 Å². The van der Waals surface area contributed by atoms with Crippen LogP contribution in [-0.2, 0) is 0 Å². The van der Waals surface area contributed by atoms with Gasteiger partial charge >= 0.3 is 0 Å². The number of aliphatic hydroxyl groups is 1. The molecule has 1 fully saturated rings. The first-order chi connectivity index (χ1) is 5.24. The van der Waals surface area contributed by atoms with E-state index in [1.807, 2.05) is 6.92 Å². The Bertz CT molecular complexity index is 119. The highest BCUT2D eigenvalue weighted by molar-refractivity contribution is 4.78. The molecule has 3 N–H and O–H groups in total. The maximum atomic E-state index is 8.89. The first-order valence-corrected chi connectivity index (χ1v) is 4.34. The first-order valence-electron chi connectivity index (χ1n) is 4.34. The standard InChI is InChI=1S/C8H18N2O/c1-7(6-11)10-4-2-3-8(9)5-10/h7-8,11H,2-6,9H2,1H3/t7?,8-/m1/s1. The SMILES string of the molecule is CC(CO)N1CCC[C@@H](N)C1. The molecule has 0 saturated carbocycles. The number of rotatable bonds is 2. The smallest absolute Gasteiger partial charge is 0.0584 e. The van der Waals surface area contributed by atoms with Crippen LogP contribution in [0.2, 0.25) is 0 Å². The third-order valence-corrected chi connectivity index (χ3v) is 2.38. The van der Waals surface area contributed by atoms with Crippen LogP contribution in [0.4, 0.5) is 0 Å². The van der Waals surface area contributed by atoms with Gasteiger partial charge in [0.2, 0.25) is 0 Å². The molecule has 2 atom stereocenters. The van der Waals surface area contributed by atoms with Gasteiger partial charge in [-0.1, -0.05) is 0 Å². The van der Waals surface area contributed by atoms with E-state index in [9.17, 15) is 0 Å².